The number of ether oxygens (including phenoxy) is 1. The number of hydrogen-bond donors (Lipinski definition) is 1. The molecule has 1 N–H and O–H groups in total. The van der Waals surface area contributed by atoms with Crippen molar-refractivity contribution in [1.82, 2.24) is 15.0 Å². The number of nitrogens with one attached hydrogen (secondary N) is 1. The molecule has 0 saturated heterocycles. The van der Waals surface area contributed by atoms with Crippen LogP contribution >= 0.6 is 15.9 Å². The highest BCUT2D eigenvalue weighted by atomic mass is 79.9. The summed E-state index contributed by atoms with van der Waals surface area (Å²) >= 11 is 3.47. The summed E-state index contributed by atoms with van der Waals surface area (Å²) in [6.45, 7) is 3.50. The van der Waals surface area contributed by atoms with Crippen molar-refractivity contribution in [1.29, 1.82) is 0 Å². The Morgan fingerprint density at radius 1 is 1.25 bits per heavy atom. The van der Waals surface area contributed by atoms with E-state index in [0.717, 1.165) is 35.4 Å². The Kier molecular flexibility index (Phi) is 5.73. The number of pyridine rings is 1. The molecule has 2 heterocycles. The molecule has 0 radical (unpaired) electrons. The van der Waals surface area contributed by atoms with Gasteiger partial charge in [-0.25, -0.2) is 9.97 Å². The van der Waals surface area contributed by atoms with E-state index in [0.29, 0.717) is 12.5 Å². The molecule has 0 aliphatic carbocycles. The summed E-state index contributed by atoms with van der Waals surface area (Å²) in [4.78, 5) is 12.6. The summed E-state index contributed by atoms with van der Waals surface area (Å²) in [5.41, 5.74) is 1.00. The average Bonchev–Trinajstić information content (AvgIpc) is 2.49. The molecule has 20 heavy (non-hydrogen) atoms. The number of nitrogens with zero attached hydrogens (tertiary/aromatic N) is 3. The first-order valence-electron chi connectivity index (χ1n) is 6.58. The third-order valence-electron chi connectivity index (χ3n) is 2.62. The van der Waals surface area contributed by atoms with E-state index < -0.39 is 0 Å². The van der Waals surface area contributed by atoms with E-state index in [1.807, 2.05) is 18.2 Å². The van der Waals surface area contributed by atoms with Gasteiger partial charge in [0.1, 0.15) is 16.6 Å². The van der Waals surface area contributed by atoms with Gasteiger partial charge in [0.2, 0.25) is 5.88 Å². The molecule has 0 spiro atoms. The van der Waals surface area contributed by atoms with Gasteiger partial charge in [0.05, 0.1) is 6.61 Å². The van der Waals surface area contributed by atoms with Gasteiger partial charge in [-0.2, -0.15) is 0 Å². The largest absolute Gasteiger partial charge is 0.476 e. The Morgan fingerprint density at radius 2 is 2.15 bits per heavy atom. The summed E-state index contributed by atoms with van der Waals surface area (Å²) in [6, 6.07) is 5.85. The number of halogens is 1. The van der Waals surface area contributed by atoms with Crippen LogP contribution in [0.2, 0.25) is 0 Å². The molecule has 0 aliphatic heterocycles. The second-order valence-corrected chi connectivity index (χ2v) is 4.98. The highest BCUT2D eigenvalue weighted by molar-refractivity contribution is 9.10. The molecule has 0 saturated carbocycles. The van der Waals surface area contributed by atoms with E-state index >= 15 is 0 Å². The highest BCUT2D eigenvalue weighted by Crippen LogP contribution is 2.28. The molecule has 0 aliphatic rings. The van der Waals surface area contributed by atoms with Crippen molar-refractivity contribution in [2.24, 2.45) is 0 Å². The first-order chi connectivity index (χ1) is 9.81. The standard InChI is InChI=1S/C14H17BrN4O/c1-2-7-17-13-12(15)14(19-10-18-13)20-9-6-11-5-3-4-8-16-11/h3-5,8,10H,2,6-7,9H2,1H3,(H,17,18,19). The maximum Gasteiger partial charge on any atom is 0.233 e. The fourth-order valence-electron chi connectivity index (χ4n) is 1.62. The van der Waals surface area contributed by atoms with Crippen molar-refractivity contribution in [3.8, 4) is 5.88 Å². The SMILES string of the molecule is CCCNc1ncnc(OCCc2ccccn2)c1Br. The van der Waals surface area contributed by atoms with Crippen LogP contribution in [0, 0.1) is 0 Å². The van der Waals surface area contributed by atoms with Gasteiger partial charge in [-0.1, -0.05) is 13.0 Å². The summed E-state index contributed by atoms with van der Waals surface area (Å²) in [5, 5.41) is 3.22. The minimum Gasteiger partial charge on any atom is -0.476 e. The smallest absolute Gasteiger partial charge is 0.233 e. The highest BCUT2D eigenvalue weighted by Gasteiger charge is 2.09. The lowest BCUT2D eigenvalue weighted by Gasteiger charge is -2.10. The van der Waals surface area contributed by atoms with Crippen molar-refractivity contribution in [3.63, 3.8) is 0 Å². The quantitative estimate of drug-likeness (QED) is 0.841. The lowest BCUT2D eigenvalue weighted by Crippen LogP contribution is -2.07. The van der Waals surface area contributed by atoms with Gasteiger partial charge in [-0.15, -0.1) is 0 Å². The number of aromatic nitrogens is 3. The van der Waals surface area contributed by atoms with Crippen LogP contribution in [0.4, 0.5) is 5.82 Å². The van der Waals surface area contributed by atoms with Gasteiger partial charge in [-0.3, -0.25) is 4.98 Å². The predicted octanol–water partition coefficient (Wildman–Crippen LogP) is 3.08. The molecule has 0 amide bonds. The van der Waals surface area contributed by atoms with E-state index in [-0.39, 0.29) is 0 Å². The zero-order valence-electron chi connectivity index (χ0n) is 11.3. The second-order valence-electron chi connectivity index (χ2n) is 4.19. The first kappa shape index (κ1) is 14.7. The van der Waals surface area contributed by atoms with Gasteiger partial charge in [0.25, 0.3) is 0 Å². The summed E-state index contributed by atoms with van der Waals surface area (Å²) in [5.74, 6) is 1.31. The fourth-order valence-corrected chi connectivity index (χ4v) is 2.08. The molecule has 2 aromatic heterocycles. The average molecular weight is 337 g/mol. The van der Waals surface area contributed by atoms with Gasteiger partial charge in [-0.05, 0) is 34.5 Å². The molecule has 106 valence electrons. The Balaban J connectivity index is 1.92. The van der Waals surface area contributed by atoms with E-state index in [2.05, 4.69) is 43.1 Å². The normalized spacial score (nSPS) is 10.3. The van der Waals surface area contributed by atoms with E-state index in [4.69, 9.17) is 4.74 Å². The number of anilines is 1. The first-order valence-corrected chi connectivity index (χ1v) is 7.37. The Morgan fingerprint density at radius 3 is 2.90 bits per heavy atom. The Hall–Kier alpha value is -1.69. The maximum absolute atomic E-state index is 5.68. The lowest BCUT2D eigenvalue weighted by molar-refractivity contribution is 0.305. The van der Waals surface area contributed by atoms with Gasteiger partial charge in [0, 0.05) is 24.9 Å². The molecule has 0 atom stereocenters. The summed E-state index contributed by atoms with van der Waals surface area (Å²) < 4.78 is 6.44. The zero-order chi connectivity index (χ0) is 14.2. The van der Waals surface area contributed by atoms with E-state index in [1.165, 1.54) is 6.33 Å². The predicted molar refractivity (Wildman–Crippen MR) is 81.9 cm³/mol. The topological polar surface area (TPSA) is 59.9 Å². The van der Waals surface area contributed by atoms with Crippen molar-refractivity contribution in [2.45, 2.75) is 19.8 Å². The molecular formula is C14H17BrN4O. The minimum atomic E-state index is 0.528. The molecule has 5 nitrogen and oxygen atoms in total. The van der Waals surface area contributed by atoms with Crippen LogP contribution in [0.25, 0.3) is 0 Å². The van der Waals surface area contributed by atoms with Gasteiger partial charge in [0.15, 0.2) is 0 Å². The molecule has 0 unspecified atom stereocenters. The zero-order valence-corrected chi connectivity index (χ0v) is 12.9. The molecule has 0 aromatic carbocycles. The van der Waals surface area contributed by atoms with Crippen molar-refractivity contribution in [2.75, 3.05) is 18.5 Å². The van der Waals surface area contributed by atoms with Gasteiger partial charge >= 0.3 is 0 Å². The monoisotopic (exact) mass is 336 g/mol. The fraction of sp³-hybridized carbons (Fsp3) is 0.357. The van der Waals surface area contributed by atoms with Gasteiger partial charge < -0.3 is 10.1 Å². The van der Waals surface area contributed by atoms with Crippen molar-refractivity contribution >= 4 is 21.7 Å². The minimum absolute atomic E-state index is 0.528. The van der Waals surface area contributed by atoms with Crippen molar-refractivity contribution < 1.29 is 4.74 Å². The maximum atomic E-state index is 5.68. The summed E-state index contributed by atoms with van der Waals surface area (Å²) in [6.07, 6.45) is 5.06. The third kappa shape index (κ3) is 4.16. The van der Waals surface area contributed by atoms with Crippen molar-refractivity contribution in [3.05, 3.63) is 40.9 Å². The molecular weight excluding hydrogens is 320 g/mol. The van der Waals surface area contributed by atoms with Crippen LogP contribution in [-0.2, 0) is 6.42 Å². The third-order valence-corrected chi connectivity index (χ3v) is 3.34. The Labute approximate surface area is 127 Å². The molecule has 6 heteroatoms. The van der Waals surface area contributed by atoms with Crippen LogP contribution in [0.3, 0.4) is 0 Å². The van der Waals surface area contributed by atoms with E-state index in [9.17, 15) is 0 Å². The molecule has 0 bridgehead atoms. The Bertz CT molecular complexity index is 536. The summed E-state index contributed by atoms with van der Waals surface area (Å²) in [7, 11) is 0. The van der Waals surface area contributed by atoms with Crippen LogP contribution < -0.4 is 10.1 Å². The second kappa shape index (κ2) is 7.79. The van der Waals surface area contributed by atoms with Crippen LogP contribution in [-0.4, -0.2) is 28.1 Å². The molecule has 2 aromatic rings. The van der Waals surface area contributed by atoms with E-state index in [1.54, 1.807) is 6.20 Å². The lowest BCUT2D eigenvalue weighted by atomic mass is 10.3. The number of hydrogen-bond acceptors (Lipinski definition) is 5. The number of rotatable bonds is 7. The van der Waals surface area contributed by atoms with Crippen LogP contribution in [0.15, 0.2) is 35.2 Å². The van der Waals surface area contributed by atoms with Crippen LogP contribution in [0.1, 0.15) is 19.0 Å². The molecule has 2 rings (SSSR count). The van der Waals surface area contributed by atoms with Crippen LogP contribution in [0.5, 0.6) is 5.88 Å². The molecule has 0 fully saturated rings.